The lowest BCUT2D eigenvalue weighted by Crippen LogP contribution is -2.16. The number of aliphatic hydroxyl groups is 1. The molecule has 0 aliphatic heterocycles. The number of nitrogens with two attached hydrogens (primary N) is 2. The topological polar surface area (TPSA) is 116 Å². The molecule has 0 aliphatic rings. The largest absolute Gasteiger partial charge is 0.466 e. The van der Waals surface area contributed by atoms with Crippen molar-refractivity contribution in [3.8, 4) is 5.75 Å². The van der Waals surface area contributed by atoms with Crippen molar-refractivity contribution in [3.05, 3.63) is 23.8 Å². The Labute approximate surface area is 93.9 Å². The smallest absolute Gasteiger partial charge is 0.241 e. The summed E-state index contributed by atoms with van der Waals surface area (Å²) in [6.45, 7) is -0.278. The monoisotopic (exact) mass is 246 g/mol. The molecule has 0 aromatic heterocycles. The van der Waals surface area contributed by atoms with Crippen LogP contribution in [0.1, 0.15) is 5.56 Å². The van der Waals surface area contributed by atoms with Crippen LogP contribution in [0.15, 0.2) is 23.1 Å². The summed E-state index contributed by atoms with van der Waals surface area (Å²) in [4.78, 5) is -0.146. The van der Waals surface area contributed by atoms with Gasteiger partial charge in [-0.1, -0.05) is 12.1 Å². The van der Waals surface area contributed by atoms with E-state index in [-0.39, 0.29) is 10.6 Å². The van der Waals surface area contributed by atoms with Gasteiger partial charge in [-0.25, -0.2) is 13.6 Å². The molecule has 0 saturated carbocycles. The van der Waals surface area contributed by atoms with Crippen LogP contribution in [-0.4, -0.2) is 26.9 Å². The predicted molar refractivity (Wildman–Crippen MR) is 58.3 cm³/mol. The maximum atomic E-state index is 11.3. The molecule has 6 nitrogen and oxygen atoms in total. The number of benzene rings is 1. The molecule has 0 fully saturated rings. The molecule has 1 aromatic rings. The molecular weight excluding hydrogens is 232 g/mol. The normalized spacial score (nSPS) is 11.4. The molecule has 0 aliphatic carbocycles. The number of hydrogen-bond donors (Lipinski definition) is 3. The first-order valence-corrected chi connectivity index (χ1v) is 6.13. The van der Waals surface area contributed by atoms with Gasteiger partial charge >= 0.3 is 0 Å². The van der Waals surface area contributed by atoms with Gasteiger partial charge in [-0.3, -0.25) is 0 Å². The number of sulfonamides is 1. The Bertz CT molecular complexity index is 459. The van der Waals surface area contributed by atoms with Crippen LogP contribution in [0.25, 0.3) is 0 Å². The lowest BCUT2D eigenvalue weighted by Gasteiger charge is -2.12. The molecule has 0 bridgehead atoms. The Kier molecular flexibility index (Phi) is 4.25. The van der Waals surface area contributed by atoms with Crippen molar-refractivity contribution in [1.29, 1.82) is 0 Å². The third-order valence-electron chi connectivity index (χ3n) is 1.99. The number of ether oxygens (including phenoxy) is 1. The van der Waals surface area contributed by atoms with E-state index in [4.69, 9.17) is 20.7 Å². The van der Waals surface area contributed by atoms with Crippen LogP contribution in [0.3, 0.4) is 0 Å². The van der Waals surface area contributed by atoms with Crippen LogP contribution in [0.2, 0.25) is 0 Å². The predicted octanol–water partition coefficient (Wildman–Crippen LogP) is -0.836. The lowest BCUT2D eigenvalue weighted by molar-refractivity contribution is 0.0947. The van der Waals surface area contributed by atoms with Gasteiger partial charge in [0.15, 0.2) is 6.79 Å². The Balaban J connectivity index is 3.32. The van der Waals surface area contributed by atoms with Crippen LogP contribution in [0.4, 0.5) is 0 Å². The number of rotatable bonds is 5. The van der Waals surface area contributed by atoms with Crippen LogP contribution in [0, 0.1) is 0 Å². The number of primary sulfonamides is 1. The molecule has 1 rings (SSSR count). The molecule has 0 saturated heterocycles. The van der Waals surface area contributed by atoms with Crippen LogP contribution >= 0.6 is 0 Å². The fourth-order valence-corrected chi connectivity index (χ4v) is 2.08. The Morgan fingerprint density at radius 2 is 2.06 bits per heavy atom. The third kappa shape index (κ3) is 2.92. The zero-order chi connectivity index (χ0) is 12.2. The van der Waals surface area contributed by atoms with Gasteiger partial charge in [-0.05, 0) is 24.6 Å². The highest BCUT2D eigenvalue weighted by Crippen LogP contribution is 2.27. The minimum atomic E-state index is -3.87. The summed E-state index contributed by atoms with van der Waals surface area (Å²) in [5.74, 6) is 0.0675. The fraction of sp³-hybridized carbons (Fsp3) is 0.333. The van der Waals surface area contributed by atoms with E-state index >= 15 is 0 Å². The van der Waals surface area contributed by atoms with Crippen molar-refractivity contribution in [3.63, 3.8) is 0 Å². The van der Waals surface area contributed by atoms with Gasteiger partial charge in [0.25, 0.3) is 0 Å². The highest BCUT2D eigenvalue weighted by molar-refractivity contribution is 7.89. The quantitative estimate of drug-likeness (QED) is 0.586. The molecule has 1 aromatic carbocycles. The molecule has 0 spiro atoms. The molecule has 5 N–H and O–H groups in total. The van der Waals surface area contributed by atoms with E-state index in [1.807, 2.05) is 0 Å². The van der Waals surface area contributed by atoms with Gasteiger partial charge in [0.1, 0.15) is 10.6 Å². The Morgan fingerprint density at radius 1 is 1.38 bits per heavy atom. The summed E-state index contributed by atoms with van der Waals surface area (Å²) in [6, 6.07) is 4.54. The fourth-order valence-electron chi connectivity index (χ4n) is 1.37. The zero-order valence-corrected chi connectivity index (χ0v) is 9.40. The van der Waals surface area contributed by atoms with E-state index in [1.165, 1.54) is 6.07 Å². The molecule has 0 radical (unpaired) electrons. The summed E-state index contributed by atoms with van der Waals surface area (Å²) in [6.07, 6.45) is 0.443. The summed E-state index contributed by atoms with van der Waals surface area (Å²) >= 11 is 0. The Morgan fingerprint density at radius 3 is 2.56 bits per heavy atom. The van der Waals surface area contributed by atoms with Crippen molar-refractivity contribution in [2.45, 2.75) is 11.3 Å². The summed E-state index contributed by atoms with van der Waals surface area (Å²) in [5, 5.41) is 13.7. The first-order chi connectivity index (χ1) is 7.50. The van der Waals surface area contributed by atoms with Gasteiger partial charge < -0.3 is 15.6 Å². The molecule has 0 amide bonds. The number of aliphatic hydroxyl groups excluding tert-OH is 1. The number of para-hydroxylation sites is 1. The summed E-state index contributed by atoms with van der Waals surface area (Å²) < 4.78 is 27.4. The second-order valence-electron chi connectivity index (χ2n) is 3.10. The number of hydrogen-bond acceptors (Lipinski definition) is 5. The molecule has 7 heteroatoms. The minimum absolute atomic E-state index is 0.0675. The van der Waals surface area contributed by atoms with Crippen molar-refractivity contribution < 1.29 is 18.3 Å². The highest BCUT2D eigenvalue weighted by Gasteiger charge is 2.17. The lowest BCUT2D eigenvalue weighted by atomic mass is 10.1. The molecular formula is C9H14N2O4S. The maximum Gasteiger partial charge on any atom is 0.241 e. The van der Waals surface area contributed by atoms with Crippen LogP contribution < -0.4 is 15.6 Å². The van der Waals surface area contributed by atoms with E-state index in [1.54, 1.807) is 12.1 Å². The van der Waals surface area contributed by atoms with E-state index in [0.29, 0.717) is 18.5 Å². The average Bonchev–Trinajstić information content (AvgIpc) is 2.19. The molecule has 16 heavy (non-hydrogen) atoms. The van der Waals surface area contributed by atoms with E-state index in [0.717, 1.165) is 0 Å². The second-order valence-corrected chi connectivity index (χ2v) is 4.63. The van der Waals surface area contributed by atoms with E-state index < -0.39 is 16.8 Å². The summed E-state index contributed by atoms with van der Waals surface area (Å²) in [5.41, 5.74) is 5.99. The standard InChI is InChI=1S/C9H14N2O4S/c10-5-4-7-2-1-3-8(16(11,13)14)9(7)15-6-12/h1-3,12H,4-6,10H2,(H2,11,13,14). The van der Waals surface area contributed by atoms with Gasteiger partial charge in [-0.2, -0.15) is 0 Å². The van der Waals surface area contributed by atoms with Gasteiger partial charge in [-0.15, -0.1) is 0 Å². The highest BCUT2D eigenvalue weighted by atomic mass is 32.2. The van der Waals surface area contributed by atoms with Crippen molar-refractivity contribution in [2.24, 2.45) is 10.9 Å². The molecule has 0 unspecified atom stereocenters. The first-order valence-electron chi connectivity index (χ1n) is 4.59. The Hall–Kier alpha value is -1.15. The van der Waals surface area contributed by atoms with Gasteiger partial charge in [0.2, 0.25) is 10.0 Å². The zero-order valence-electron chi connectivity index (χ0n) is 8.59. The average molecular weight is 246 g/mol. The second kappa shape index (κ2) is 5.26. The van der Waals surface area contributed by atoms with Gasteiger partial charge in [0, 0.05) is 0 Å². The maximum absolute atomic E-state index is 11.3. The molecule has 0 heterocycles. The van der Waals surface area contributed by atoms with E-state index in [2.05, 4.69) is 0 Å². The van der Waals surface area contributed by atoms with E-state index in [9.17, 15) is 8.42 Å². The third-order valence-corrected chi connectivity index (χ3v) is 2.92. The van der Waals surface area contributed by atoms with Crippen molar-refractivity contribution in [1.82, 2.24) is 0 Å². The van der Waals surface area contributed by atoms with Gasteiger partial charge in [0.05, 0.1) is 0 Å². The minimum Gasteiger partial charge on any atom is -0.466 e. The van der Waals surface area contributed by atoms with Crippen molar-refractivity contribution >= 4 is 10.0 Å². The van der Waals surface area contributed by atoms with Crippen LogP contribution in [-0.2, 0) is 16.4 Å². The first kappa shape index (κ1) is 12.9. The van der Waals surface area contributed by atoms with Crippen LogP contribution in [0.5, 0.6) is 5.75 Å². The summed E-state index contributed by atoms with van der Waals surface area (Å²) in [7, 11) is -3.87. The van der Waals surface area contributed by atoms with Crippen molar-refractivity contribution in [2.75, 3.05) is 13.3 Å². The molecule has 0 atom stereocenters. The molecule has 90 valence electrons. The SMILES string of the molecule is NCCc1cccc(S(N)(=O)=O)c1OCO.